The third-order valence-corrected chi connectivity index (χ3v) is 4.89. The van der Waals surface area contributed by atoms with Crippen molar-refractivity contribution in [1.82, 2.24) is 15.3 Å². The highest BCUT2D eigenvalue weighted by Gasteiger charge is 2.17. The molecule has 2 N–H and O–H groups in total. The Morgan fingerprint density at radius 1 is 1.12 bits per heavy atom. The number of benzene rings is 1. The smallest absolute Gasteiger partial charge is 0.235 e. The van der Waals surface area contributed by atoms with Crippen molar-refractivity contribution in [2.24, 2.45) is 0 Å². The Labute approximate surface area is 149 Å². The van der Waals surface area contributed by atoms with Gasteiger partial charge in [0.05, 0.1) is 5.75 Å². The topological polar surface area (TPSA) is 101 Å². The summed E-state index contributed by atoms with van der Waals surface area (Å²) in [6.45, 7) is 0.685. The zero-order valence-electron chi connectivity index (χ0n) is 12.8. The van der Waals surface area contributed by atoms with Crippen molar-refractivity contribution in [2.75, 3.05) is 24.2 Å². The first-order valence-corrected chi connectivity index (χ1v) is 9.78. The minimum absolute atomic E-state index is 0.171. The van der Waals surface area contributed by atoms with Crippen LogP contribution in [0.4, 0.5) is 5.95 Å². The van der Waals surface area contributed by atoms with Crippen LogP contribution in [-0.2, 0) is 20.4 Å². The van der Waals surface area contributed by atoms with E-state index in [9.17, 15) is 13.2 Å². The summed E-state index contributed by atoms with van der Waals surface area (Å²) in [5, 5.41) is 5.48. The Bertz CT molecular complexity index is 784. The quantitative estimate of drug-likeness (QED) is 0.635. The van der Waals surface area contributed by atoms with E-state index >= 15 is 0 Å². The zero-order chi connectivity index (χ0) is 17.4. The van der Waals surface area contributed by atoms with Crippen molar-refractivity contribution < 1.29 is 13.2 Å². The van der Waals surface area contributed by atoms with E-state index in [0.29, 0.717) is 18.1 Å². The van der Waals surface area contributed by atoms with Crippen LogP contribution in [0.25, 0.3) is 0 Å². The molecule has 0 spiro atoms. The monoisotopic (exact) mass is 412 g/mol. The van der Waals surface area contributed by atoms with Gasteiger partial charge in [-0.25, -0.2) is 18.4 Å². The van der Waals surface area contributed by atoms with Crippen molar-refractivity contribution in [1.29, 1.82) is 0 Å². The van der Waals surface area contributed by atoms with Gasteiger partial charge in [-0.05, 0) is 23.8 Å². The second-order valence-electron chi connectivity index (χ2n) is 5.01. The van der Waals surface area contributed by atoms with Crippen molar-refractivity contribution in [3.05, 3.63) is 52.8 Å². The van der Waals surface area contributed by atoms with E-state index in [2.05, 4.69) is 36.5 Å². The summed E-state index contributed by atoms with van der Waals surface area (Å²) in [5.74, 6) is -0.785. The van der Waals surface area contributed by atoms with Gasteiger partial charge >= 0.3 is 0 Å². The molecule has 1 heterocycles. The molecule has 0 fully saturated rings. The van der Waals surface area contributed by atoms with Gasteiger partial charge < -0.3 is 10.6 Å². The maximum atomic E-state index is 12.1. The highest BCUT2D eigenvalue weighted by atomic mass is 79.9. The normalized spacial score (nSPS) is 11.0. The number of carbonyl (C=O) groups excluding carboxylic acids is 1. The maximum absolute atomic E-state index is 12.1. The fraction of sp³-hybridized carbons (Fsp3) is 0.267. The van der Waals surface area contributed by atoms with Gasteiger partial charge in [-0.15, -0.1) is 0 Å². The average molecular weight is 413 g/mol. The third kappa shape index (κ3) is 6.63. The molecule has 0 bridgehead atoms. The van der Waals surface area contributed by atoms with E-state index in [1.807, 2.05) is 6.07 Å². The van der Waals surface area contributed by atoms with Crippen molar-refractivity contribution in [2.45, 2.75) is 5.75 Å². The Kier molecular flexibility index (Phi) is 6.68. The number of aromatic nitrogens is 2. The fourth-order valence-corrected chi connectivity index (χ4v) is 3.69. The number of halogens is 1. The molecule has 1 aromatic heterocycles. The SMILES string of the molecule is O=C(CS(=O)(=O)Cc1cccc(Br)c1)NCCNc1ncccn1. The predicted molar refractivity (Wildman–Crippen MR) is 95.2 cm³/mol. The number of hydrogen-bond donors (Lipinski definition) is 2. The number of amides is 1. The molecule has 0 aliphatic heterocycles. The first-order valence-electron chi connectivity index (χ1n) is 7.17. The summed E-state index contributed by atoms with van der Waals surface area (Å²) < 4.78 is 24.9. The van der Waals surface area contributed by atoms with E-state index in [0.717, 1.165) is 4.47 Å². The van der Waals surface area contributed by atoms with Crippen molar-refractivity contribution in [3.63, 3.8) is 0 Å². The number of nitrogens with one attached hydrogen (secondary N) is 2. The van der Waals surface area contributed by atoms with Gasteiger partial charge in [0, 0.05) is 30.0 Å². The molecule has 9 heteroatoms. The molecular weight excluding hydrogens is 396 g/mol. The summed E-state index contributed by atoms with van der Waals surface area (Å²) in [6.07, 6.45) is 3.20. The van der Waals surface area contributed by atoms with Crippen LogP contribution in [0.15, 0.2) is 47.2 Å². The zero-order valence-corrected chi connectivity index (χ0v) is 15.2. The summed E-state index contributed by atoms with van der Waals surface area (Å²) in [6, 6.07) is 8.70. The standard InChI is InChI=1S/C15H17BrN4O3S/c16-13-4-1-3-12(9-13)10-24(22,23)11-14(21)17-7-8-20-15-18-5-2-6-19-15/h1-6,9H,7-8,10-11H2,(H,17,21)(H,18,19,20). The molecule has 0 aliphatic rings. The van der Waals surface area contributed by atoms with Crippen molar-refractivity contribution in [3.8, 4) is 0 Å². The number of carbonyl (C=O) groups is 1. The molecule has 0 saturated carbocycles. The Hall–Kier alpha value is -2.00. The van der Waals surface area contributed by atoms with Crippen LogP contribution in [0.3, 0.4) is 0 Å². The van der Waals surface area contributed by atoms with Gasteiger partial charge in [0.1, 0.15) is 5.75 Å². The Morgan fingerprint density at radius 2 is 1.88 bits per heavy atom. The molecule has 2 rings (SSSR count). The van der Waals surface area contributed by atoms with Crippen LogP contribution in [0.1, 0.15) is 5.56 Å². The molecule has 24 heavy (non-hydrogen) atoms. The third-order valence-electron chi connectivity index (χ3n) is 2.92. The van der Waals surface area contributed by atoms with Crippen LogP contribution in [-0.4, -0.2) is 43.1 Å². The highest BCUT2D eigenvalue weighted by Crippen LogP contribution is 2.14. The molecule has 1 aromatic carbocycles. The fourth-order valence-electron chi connectivity index (χ4n) is 1.95. The second-order valence-corrected chi connectivity index (χ2v) is 7.99. The molecule has 0 atom stereocenters. The Morgan fingerprint density at radius 3 is 2.58 bits per heavy atom. The van der Waals surface area contributed by atoms with E-state index in [1.165, 1.54) is 0 Å². The lowest BCUT2D eigenvalue weighted by molar-refractivity contribution is -0.118. The number of rotatable bonds is 8. The minimum Gasteiger partial charge on any atom is -0.353 e. The second kappa shape index (κ2) is 8.74. The largest absolute Gasteiger partial charge is 0.353 e. The molecule has 128 valence electrons. The lowest BCUT2D eigenvalue weighted by Gasteiger charge is -2.08. The highest BCUT2D eigenvalue weighted by molar-refractivity contribution is 9.10. The molecule has 0 radical (unpaired) electrons. The molecule has 0 unspecified atom stereocenters. The maximum Gasteiger partial charge on any atom is 0.235 e. The summed E-state index contributed by atoms with van der Waals surface area (Å²) in [7, 11) is -3.52. The van der Waals surface area contributed by atoms with Gasteiger partial charge in [-0.2, -0.15) is 0 Å². The van der Waals surface area contributed by atoms with Gasteiger partial charge in [0.15, 0.2) is 9.84 Å². The molecule has 0 saturated heterocycles. The first kappa shape index (κ1) is 18.3. The lowest BCUT2D eigenvalue weighted by atomic mass is 10.2. The van der Waals surface area contributed by atoms with E-state index in [4.69, 9.17) is 0 Å². The number of sulfone groups is 1. The van der Waals surface area contributed by atoms with E-state index in [-0.39, 0.29) is 12.3 Å². The van der Waals surface area contributed by atoms with E-state index < -0.39 is 21.5 Å². The van der Waals surface area contributed by atoms with Crippen LogP contribution in [0, 0.1) is 0 Å². The summed E-state index contributed by atoms with van der Waals surface area (Å²) in [4.78, 5) is 19.7. The van der Waals surface area contributed by atoms with Crippen LogP contribution >= 0.6 is 15.9 Å². The van der Waals surface area contributed by atoms with Crippen molar-refractivity contribution >= 4 is 37.6 Å². The summed E-state index contributed by atoms with van der Waals surface area (Å²) in [5.41, 5.74) is 0.639. The number of anilines is 1. The molecule has 0 aliphatic carbocycles. The Balaban J connectivity index is 1.74. The predicted octanol–water partition coefficient (Wildman–Crippen LogP) is 1.38. The number of nitrogens with zero attached hydrogens (tertiary/aromatic N) is 2. The molecule has 7 nitrogen and oxygen atoms in total. The van der Waals surface area contributed by atoms with Crippen LogP contribution in [0.5, 0.6) is 0 Å². The van der Waals surface area contributed by atoms with E-state index in [1.54, 1.807) is 36.7 Å². The van der Waals surface area contributed by atoms with Gasteiger partial charge in [0.2, 0.25) is 11.9 Å². The van der Waals surface area contributed by atoms with Gasteiger partial charge in [-0.1, -0.05) is 28.1 Å². The van der Waals surface area contributed by atoms with Gasteiger partial charge in [-0.3, -0.25) is 4.79 Å². The first-order chi connectivity index (χ1) is 11.4. The molecule has 1 amide bonds. The van der Waals surface area contributed by atoms with Crippen LogP contribution in [0.2, 0.25) is 0 Å². The average Bonchev–Trinajstić information content (AvgIpc) is 2.51. The number of hydrogen-bond acceptors (Lipinski definition) is 6. The minimum atomic E-state index is -3.52. The van der Waals surface area contributed by atoms with Crippen LogP contribution < -0.4 is 10.6 Å². The molecule has 2 aromatic rings. The van der Waals surface area contributed by atoms with Gasteiger partial charge in [0.25, 0.3) is 0 Å². The lowest BCUT2D eigenvalue weighted by Crippen LogP contribution is -2.34. The molecular formula is C15H17BrN4O3S. The summed E-state index contributed by atoms with van der Waals surface area (Å²) >= 11 is 3.29.